The zero-order valence-electron chi connectivity index (χ0n) is 15.8. The molecule has 1 saturated heterocycles. The highest BCUT2D eigenvalue weighted by atomic mass is 16.5. The van der Waals surface area contributed by atoms with Crippen LogP contribution < -0.4 is 5.73 Å². The van der Waals surface area contributed by atoms with Gasteiger partial charge in [0.15, 0.2) is 0 Å². The zero-order chi connectivity index (χ0) is 18.7. The molecule has 0 unspecified atom stereocenters. The van der Waals surface area contributed by atoms with Gasteiger partial charge in [0.1, 0.15) is 0 Å². The second kappa shape index (κ2) is 7.83. The molecule has 0 saturated carbocycles. The molecule has 2 N–H and O–H groups in total. The Kier molecular flexibility index (Phi) is 5.28. The summed E-state index contributed by atoms with van der Waals surface area (Å²) in [7, 11) is 0. The molecule has 27 heavy (non-hydrogen) atoms. The number of amides is 1. The van der Waals surface area contributed by atoms with Crippen molar-refractivity contribution in [3.8, 4) is 0 Å². The van der Waals surface area contributed by atoms with Gasteiger partial charge in [0.2, 0.25) is 5.91 Å². The third-order valence-electron chi connectivity index (χ3n) is 6.25. The third kappa shape index (κ3) is 3.78. The summed E-state index contributed by atoms with van der Waals surface area (Å²) in [6.07, 6.45) is 3.29. The topological polar surface area (TPSA) is 55.6 Å². The maximum atomic E-state index is 12.8. The Morgan fingerprint density at radius 1 is 1.07 bits per heavy atom. The predicted octanol–water partition coefficient (Wildman–Crippen LogP) is 2.82. The Bertz CT molecular complexity index is 795. The highest BCUT2D eigenvalue weighted by Crippen LogP contribution is 2.34. The lowest BCUT2D eigenvalue weighted by Crippen LogP contribution is -2.48. The van der Waals surface area contributed by atoms with Gasteiger partial charge in [-0.3, -0.25) is 4.79 Å². The van der Waals surface area contributed by atoms with Gasteiger partial charge in [0, 0.05) is 25.0 Å². The molecule has 2 aromatic carbocycles. The van der Waals surface area contributed by atoms with E-state index in [-0.39, 0.29) is 11.3 Å². The predicted molar refractivity (Wildman–Crippen MR) is 106 cm³/mol. The van der Waals surface area contributed by atoms with Gasteiger partial charge < -0.3 is 15.4 Å². The Morgan fingerprint density at radius 3 is 2.59 bits per heavy atom. The van der Waals surface area contributed by atoms with Crippen LogP contribution in [0.25, 0.3) is 0 Å². The molecule has 4 rings (SSSR count). The average molecular weight is 364 g/mol. The van der Waals surface area contributed by atoms with Crippen molar-refractivity contribution in [3.63, 3.8) is 0 Å². The second-order valence-corrected chi connectivity index (χ2v) is 7.81. The molecule has 1 fully saturated rings. The van der Waals surface area contributed by atoms with E-state index < -0.39 is 0 Å². The first kappa shape index (κ1) is 18.2. The van der Waals surface area contributed by atoms with Crippen molar-refractivity contribution >= 4 is 5.91 Å². The fraction of sp³-hybridized carbons (Fsp3) is 0.435. The number of fused-ring (bicyclic) bond motifs is 1. The van der Waals surface area contributed by atoms with E-state index in [9.17, 15) is 4.79 Å². The van der Waals surface area contributed by atoms with Crippen LogP contribution in [-0.2, 0) is 34.4 Å². The summed E-state index contributed by atoms with van der Waals surface area (Å²) in [6, 6.07) is 16.9. The van der Waals surface area contributed by atoms with Gasteiger partial charge >= 0.3 is 0 Å². The number of hydrogen-bond acceptors (Lipinski definition) is 3. The molecule has 2 aromatic rings. The van der Waals surface area contributed by atoms with E-state index in [1.165, 1.54) is 16.7 Å². The lowest BCUT2D eigenvalue weighted by atomic mass is 9.73. The quantitative estimate of drug-likeness (QED) is 0.908. The van der Waals surface area contributed by atoms with Crippen molar-refractivity contribution in [2.24, 2.45) is 5.73 Å². The molecule has 4 nitrogen and oxygen atoms in total. The minimum absolute atomic E-state index is 0.00383. The molecule has 0 bridgehead atoms. The van der Waals surface area contributed by atoms with Crippen LogP contribution in [0.5, 0.6) is 0 Å². The summed E-state index contributed by atoms with van der Waals surface area (Å²) in [5, 5.41) is 0. The van der Waals surface area contributed by atoms with Crippen LogP contribution in [0.4, 0.5) is 0 Å². The minimum Gasteiger partial charge on any atom is -0.376 e. The summed E-state index contributed by atoms with van der Waals surface area (Å²) >= 11 is 0. The van der Waals surface area contributed by atoms with Crippen molar-refractivity contribution in [1.82, 2.24) is 4.90 Å². The highest BCUT2D eigenvalue weighted by Gasteiger charge is 2.36. The maximum Gasteiger partial charge on any atom is 0.226 e. The maximum absolute atomic E-state index is 12.8. The van der Waals surface area contributed by atoms with Gasteiger partial charge in [0.05, 0.1) is 19.6 Å². The summed E-state index contributed by atoms with van der Waals surface area (Å²) in [4.78, 5) is 14.9. The molecule has 142 valence electrons. The first-order valence-electron chi connectivity index (χ1n) is 9.92. The average Bonchev–Trinajstić information content (AvgIpc) is 2.74. The number of benzene rings is 2. The zero-order valence-corrected chi connectivity index (χ0v) is 15.8. The Morgan fingerprint density at radius 2 is 1.85 bits per heavy atom. The van der Waals surface area contributed by atoms with E-state index in [0.717, 1.165) is 44.5 Å². The number of rotatable bonds is 4. The fourth-order valence-electron chi connectivity index (χ4n) is 4.40. The standard InChI is InChI=1S/C23H28N2O2/c24-17-23(21-4-2-1-3-5-21)9-11-25(12-10-23)22(26)15-18-6-7-20-16-27-13-8-19(20)14-18/h1-7,14H,8-13,15-17,24H2. The largest absolute Gasteiger partial charge is 0.376 e. The first-order valence-corrected chi connectivity index (χ1v) is 9.92. The summed E-state index contributed by atoms with van der Waals surface area (Å²) in [5.74, 6) is 0.223. The number of hydrogen-bond donors (Lipinski definition) is 1. The normalized spacial score (nSPS) is 18.8. The number of nitrogens with two attached hydrogens (primary N) is 1. The van der Waals surface area contributed by atoms with Crippen LogP contribution >= 0.6 is 0 Å². The molecular formula is C23H28N2O2. The number of ether oxygens (including phenoxy) is 1. The molecule has 2 aliphatic rings. The van der Waals surface area contributed by atoms with Crippen molar-refractivity contribution in [2.75, 3.05) is 26.2 Å². The van der Waals surface area contributed by atoms with E-state index >= 15 is 0 Å². The molecule has 2 heterocycles. The van der Waals surface area contributed by atoms with Crippen LogP contribution in [0.1, 0.15) is 35.1 Å². The highest BCUT2D eigenvalue weighted by molar-refractivity contribution is 5.79. The molecule has 0 aliphatic carbocycles. The van der Waals surface area contributed by atoms with Gasteiger partial charge in [-0.2, -0.15) is 0 Å². The van der Waals surface area contributed by atoms with E-state index in [4.69, 9.17) is 10.5 Å². The molecule has 0 atom stereocenters. The van der Waals surface area contributed by atoms with E-state index in [1.807, 2.05) is 11.0 Å². The van der Waals surface area contributed by atoms with Gasteiger partial charge in [-0.05, 0) is 41.5 Å². The Labute approximate surface area is 161 Å². The van der Waals surface area contributed by atoms with Crippen LogP contribution in [0.15, 0.2) is 48.5 Å². The number of carbonyl (C=O) groups excluding carboxylic acids is 1. The smallest absolute Gasteiger partial charge is 0.226 e. The van der Waals surface area contributed by atoms with Gasteiger partial charge in [0.25, 0.3) is 0 Å². The SMILES string of the molecule is NCC1(c2ccccc2)CCN(C(=O)Cc2ccc3c(c2)CCOC3)CC1. The summed E-state index contributed by atoms with van der Waals surface area (Å²) < 4.78 is 5.49. The number of likely N-dealkylation sites (tertiary alicyclic amines) is 1. The molecule has 0 radical (unpaired) electrons. The van der Waals surface area contributed by atoms with Crippen LogP contribution in [0.3, 0.4) is 0 Å². The number of piperidine rings is 1. The lowest BCUT2D eigenvalue weighted by Gasteiger charge is -2.41. The molecular weight excluding hydrogens is 336 g/mol. The van der Waals surface area contributed by atoms with E-state index in [2.05, 4.69) is 42.5 Å². The van der Waals surface area contributed by atoms with Crippen molar-refractivity contribution in [2.45, 2.75) is 37.7 Å². The molecule has 1 amide bonds. The first-order chi connectivity index (χ1) is 13.2. The van der Waals surface area contributed by atoms with Crippen molar-refractivity contribution in [3.05, 3.63) is 70.8 Å². The monoisotopic (exact) mass is 364 g/mol. The van der Waals surface area contributed by atoms with Crippen molar-refractivity contribution in [1.29, 1.82) is 0 Å². The van der Waals surface area contributed by atoms with Crippen LogP contribution in [-0.4, -0.2) is 37.0 Å². The summed E-state index contributed by atoms with van der Waals surface area (Å²) in [6.45, 7) is 3.66. The second-order valence-electron chi connectivity index (χ2n) is 7.81. The van der Waals surface area contributed by atoms with E-state index in [1.54, 1.807) is 0 Å². The molecule has 2 aliphatic heterocycles. The van der Waals surface area contributed by atoms with Gasteiger partial charge in [-0.15, -0.1) is 0 Å². The molecule has 0 aromatic heterocycles. The third-order valence-corrected chi connectivity index (χ3v) is 6.25. The minimum atomic E-state index is 0.00383. The molecule has 0 spiro atoms. The van der Waals surface area contributed by atoms with Gasteiger partial charge in [-0.1, -0.05) is 48.5 Å². The molecule has 4 heteroatoms. The summed E-state index contributed by atoms with van der Waals surface area (Å²) in [5.41, 5.74) is 11.2. The Hall–Kier alpha value is -2.17. The van der Waals surface area contributed by atoms with Crippen LogP contribution in [0.2, 0.25) is 0 Å². The Balaban J connectivity index is 1.40. The number of nitrogens with zero attached hydrogens (tertiary/aromatic N) is 1. The lowest BCUT2D eigenvalue weighted by molar-refractivity contribution is -0.132. The van der Waals surface area contributed by atoms with Gasteiger partial charge in [-0.25, -0.2) is 0 Å². The van der Waals surface area contributed by atoms with E-state index in [0.29, 0.717) is 19.6 Å². The number of carbonyl (C=O) groups is 1. The van der Waals surface area contributed by atoms with Crippen molar-refractivity contribution < 1.29 is 9.53 Å². The van der Waals surface area contributed by atoms with Crippen LogP contribution in [0, 0.1) is 0 Å². The fourth-order valence-corrected chi connectivity index (χ4v) is 4.40.